The molecule has 0 heterocycles. The van der Waals surface area contributed by atoms with Crippen LogP contribution in [0.5, 0.6) is 0 Å². The highest BCUT2D eigenvalue weighted by Crippen LogP contribution is 2.41. The van der Waals surface area contributed by atoms with Gasteiger partial charge in [-0.2, -0.15) is 0 Å². The molecule has 2 atom stereocenters. The van der Waals surface area contributed by atoms with Gasteiger partial charge in [-0.1, -0.05) is 38.1 Å². The molecule has 2 unspecified atom stereocenters. The zero-order valence-corrected chi connectivity index (χ0v) is 13.8. The number of benzene rings is 1. The van der Waals surface area contributed by atoms with Crippen LogP contribution in [0.1, 0.15) is 57.2 Å². The second-order valence-electron chi connectivity index (χ2n) is 7.18. The third-order valence-electron chi connectivity index (χ3n) is 4.70. The molecule has 0 radical (unpaired) electrons. The monoisotopic (exact) mass is 291 g/mol. The number of rotatable bonds is 6. The fourth-order valence-electron chi connectivity index (χ4n) is 3.18. The van der Waals surface area contributed by atoms with E-state index < -0.39 is 5.60 Å². The summed E-state index contributed by atoms with van der Waals surface area (Å²) in [6.07, 6.45) is 2.93. The highest BCUT2D eigenvalue weighted by molar-refractivity contribution is 5.38. The first kappa shape index (κ1) is 16.5. The molecule has 1 aromatic rings. The summed E-state index contributed by atoms with van der Waals surface area (Å²) in [4.78, 5) is 0. The Morgan fingerprint density at radius 2 is 2.10 bits per heavy atom. The molecule has 2 rings (SSSR count). The van der Waals surface area contributed by atoms with Gasteiger partial charge in [0.1, 0.15) is 0 Å². The van der Waals surface area contributed by atoms with Gasteiger partial charge in [0.15, 0.2) is 0 Å². The molecule has 3 nitrogen and oxygen atoms in total. The molecule has 1 aromatic carbocycles. The number of hydrogen-bond donors (Lipinski definition) is 2. The molecule has 1 aliphatic carbocycles. The molecule has 0 spiro atoms. The van der Waals surface area contributed by atoms with Crippen molar-refractivity contribution in [3.05, 3.63) is 35.4 Å². The van der Waals surface area contributed by atoms with E-state index in [-0.39, 0.29) is 5.41 Å². The van der Waals surface area contributed by atoms with Gasteiger partial charge in [-0.3, -0.25) is 0 Å². The molecule has 118 valence electrons. The summed E-state index contributed by atoms with van der Waals surface area (Å²) in [6, 6.07) is 9.03. The van der Waals surface area contributed by atoms with Gasteiger partial charge in [0.2, 0.25) is 0 Å². The second-order valence-corrected chi connectivity index (χ2v) is 7.18. The molecule has 3 heteroatoms. The standard InChI is InChI=1S/C18H29NO2/c1-17(2)10-9-16(14-7-5-6-8-15(14)17)19-13-18(3,20)11-12-21-4/h5-8,16,19-20H,9-13H2,1-4H3. The maximum absolute atomic E-state index is 10.4. The first-order valence-corrected chi connectivity index (χ1v) is 7.90. The van der Waals surface area contributed by atoms with Crippen LogP contribution in [0.4, 0.5) is 0 Å². The third kappa shape index (κ3) is 4.06. The lowest BCUT2D eigenvalue weighted by atomic mass is 9.71. The summed E-state index contributed by atoms with van der Waals surface area (Å²) in [7, 11) is 1.67. The summed E-state index contributed by atoms with van der Waals surface area (Å²) in [5, 5.41) is 13.9. The number of ether oxygens (including phenoxy) is 1. The van der Waals surface area contributed by atoms with Crippen molar-refractivity contribution in [3.8, 4) is 0 Å². The molecular formula is C18H29NO2. The Kier molecular flexibility index (Phi) is 5.07. The zero-order chi connectivity index (χ0) is 15.5. The van der Waals surface area contributed by atoms with Gasteiger partial charge in [0.05, 0.1) is 5.60 Å². The van der Waals surface area contributed by atoms with Crippen molar-refractivity contribution in [3.63, 3.8) is 0 Å². The summed E-state index contributed by atoms with van der Waals surface area (Å²) in [6.45, 7) is 7.68. The van der Waals surface area contributed by atoms with Crippen LogP contribution in [-0.2, 0) is 10.2 Å². The van der Waals surface area contributed by atoms with E-state index in [1.165, 1.54) is 17.5 Å². The Hall–Kier alpha value is -0.900. The number of nitrogens with one attached hydrogen (secondary N) is 1. The van der Waals surface area contributed by atoms with Crippen LogP contribution < -0.4 is 5.32 Å². The third-order valence-corrected chi connectivity index (χ3v) is 4.70. The van der Waals surface area contributed by atoms with E-state index in [1.54, 1.807) is 7.11 Å². The lowest BCUT2D eigenvalue weighted by Crippen LogP contribution is -2.42. The van der Waals surface area contributed by atoms with Crippen LogP contribution in [-0.4, -0.2) is 31.0 Å². The Morgan fingerprint density at radius 1 is 1.38 bits per heavy atom. The van der Waals surface area contributed by atoms with Crippen molar-refractivity contribution in [2.45, 2.75) is 57.1 Å². The Bertz CT molecular complexity index is 468. The van der Waals surface area contributed by atoms with E-state index >= 15 is 0 Å². The van der Waals surface area contributed by atoms with E-state index in [0.717, 1.165) is 6.42 Å². The van der Waals surface area contributed by atoms with E-state index in [9.17, 15) is 5.11 Å². The smallest absolute Gasteiger partial charge is 0.0765 e. The van der Waals surface area contributed by atoms with Crippen molar-refractivity contribution in [2.24, 2.45) is 0 Å². The lowest BCUT2D eigenvalue weighted by Gasteiger charge is -2.38. The molecular weight excluding hydrogens is 262 g/mol. The van der Waals surface area contributed by atoms with Gasteiger partial charge < -0.3 is 15.2 Å². The molecule has 21 heavy (non-hydrogen) atoms. The van der Waals surface area contributed by atoms with E-state index in [2.05, 4.69) is 43.4 Å². The lowest BCUT2D eigenvalue weighted by molar-refractivity contribution is 0.0220. The van der Waals surface area contributed by atoms with Gasteiger partial charge in [0, 0.05) is 32.7 Å². The molecule has 0 bridgehead atoms. The Labute approximate surface area is 128 Å². The molecule has 0 fully saturated rings. The maximum Gasteiger partial charge on any atom is 0.0765 e. The number of hydrogen-bond acceptors (Lipinski definition) is 3. The topological polar surface area (TPSA) is 41.5 Å². The minimum absolute atomic E-state index is 0.243. The minimum Gasteiger partial charge on any atom is -0.389 e. The molecule has 1 aliphatic rings. The van der Waals surface area contributed by atoms with Crippen molar-refractivity contribution in [1.29, 1.82) is 0 Å². The summed E-state index contributed by atoms with van der Waals surface area (Å²) in [5.74, 6) is 0. The number of aliphatic hydroxyl groups is 1. The van der Waals surface area contributed by atoms with Crippen molar-refractivity contribution in [1.82, 2.24) is 5.32 Å². The van der Waals surface area contributed by atoms with Crippen molar-refractivity contribution >= 4 is 0 Å². The quantitative estimate of drug-likeness (QED) is 0.846. The van der Waals surface area contributed by atoms with Crippen LogP contribution in [0.3, 0.4) is 0 Å². The number of fused-ring (bicyclic) bond motifs is 1. The van der Waals surface area contributed by atoms with Crippen LogP contribution >= 0.6 is 0 Å². The van der Waals surface area contributed by atoms with Gasteiger partial charge in [-0.05, 0) is 36.3 Å². The van der Waals surface area contributed by atoms with E-state index in [4.69, 9.17) is 4.74 Å². The normalized spacial score (nSPS) is 23.4. The highest BCUT2D eigenvalue weighted by Gasteiger charge is 2.33. The van der Waals surface area contributed by atoms with Crippen LogP contribution in [0, 0.1) is 0 Å². The first-order valence-electron chi connectivity index (χ1n) is 7.90. The molecule has 0 saturated carbocycles. The summed E-state index contributed by atoms with van der Waals surface area (Å²) in [5.41, 5.74) is 2.34. The molecule has 0 amide bonds. The van der Waals surface area contributed by atoms with Crippen molar-refractivity contribution < 1.29 is 9.84 Å². The largest absolute Gasteiger partial charge is 0.389 e. The van der Waals surface area contributed by atoms with Gasteiger partial charge >= 0.3 is 0 Å². The zero-order valence-electron chi connectivity index (χ0n) is 13.8. The average Bonchev–Trinajstić information content (AvgIpc) is 2.45. The molecule has 0 aromatic heterocycles. The Morgan fingerprint density at radius 3 is 2.81 bits per heavy atom. The van der Waals surface area contributed by atoms with E-state index in [1.807, 2.05) is 6.92 Å². The van der Waals surface area contributed by atoms with Gasteiger partial charge in [0.25, 0.3) is 0 Å². The fraction of sp³-hybridized carbons (Fsp3) is 0.667. The molecule has 0 aliphatic heterocycles. The predicted octanol–water partition coefficient (Wildman–Crippen LogP) is 3.18. The fourth-order valence-corrected chi connectivity index (χ4v) is 3.18. The molecule has 0 saturated heterocycles. The summed E-state index contributed by atoms with van der Waals surface area (Å²) >= 11 is 0. The molecule has 2 N–H and O–H groups in total. The van der Waals surface area contributed by atoms with Crippen LogP contribution in [0.15, 0.2) is 24.3 Å². The maximum atomic E-state index is 10.4. The highest BCUT2D eigenvalue weighted by atomic mass is 16.5. The second kappa shape index (κ2) is 6.47. The average molecular weight is 291 g/mol. The van der Waals surface area contributed by atoms with E-state index in [0.29, 0.717) is 25.6 Å². The van der Waals surface area contributed by atoms with Gasteiger partial charge in [-0.25, -0.2) is 0 Å². The van der Waals surface area contributed by atoms with Gasteiger partial charge in [-0.15, -0.1) is 0 Å². The van der Waals surface area contributed by atoms with Crippen LogP contribution in [0.25, 0.3) is 0 Å². The van der Waals surface area contributed by atoms with Crippen molar-refractivity contribution in [2.75, 3.05) is 20.3 Å². The predicted molar refractivity (Wildman–Crippen MR) is 86.6 cm³/mol. The summed E-state index contributed by atoms with van der Waals surface area (Å²) < 4.78 is 5.07. The minimum atomic E-state index is -0.724. The van der Waals surface area contributed by atoms with Crippen LogP contribution in [0.2, 0.25) is 0 Å². The Balaban J connectivity index is 2.05. The first-order chi connectivity index (χ1) is 9.86. The SMILES string of the molecule is COCCC(C)(O)CNC1CCC(C)(C)c2ccccc21. The number of methoxy groups -OCH3 is 1.